The van der Waals surface area contributed by atoms with Gasteiger partial charge in [-0.25, -0.2) is 0 Å². The van der Waals surface area contributed by atoms with Crippen molar-refractivity contribution >= 4 is 0 Å². The van der Waals surface area contributed by atoms with Gasteiger partial charge in [-0.15, -0.1) is 0 Å². The number of fused-ring (bicyclic) bond motifs is 10. The summed E-state index contributed by atoms with van der Waals surface area (Å²) in [5.74, 6) is 0. The fraction of sp³-hybridized carbons (Fsp3) is 0.333. The molecule has 2 aromatic rings. The minimum absolute atomic E-state index is 0.283. The smallest absolute Gasteiger partial charge is 0.147 e. The first-order valence-electron chi connectivity index (χ1n) is 7.37. The van der Waals surface area contributed by atoms with E-state index in [1.165, 1.54) is 0 Å². The fourth-order valence-electron chi connectivity index (χ4n) is 2.30. The molecule has 0 fully saturated rings. The molecule has 0 spiro atoms. The highest BCUT2D eigenvalue weighted by atomic mass is 16.7. The van der Waals surface area contributed by atoms with E-state index in [0.717, 1.165) is 22.3 Å². The zero-order valence-corrected chi connectivity index (χ0v) is 12.5. The van der Waals surface area contributed by atoms with E-state index in [0.29, 0.717) is 26.4 Å². The third-order valence-electron chi connectivity index (χ3n) is 3.42. The van der Waals surface area contributed by atoms with Gasteiger partial charge < -0.3 is 18.9 Å². The van der Waals surface area contributed by atoms with E-state index in [1.54, 1.807) is 0 Å². The first-order valence-corrected chi connectivity index (χ1v) is 7.37. The summed E-state index contributed by atoms with van der Waals surface area (Å²) in [6.45, 7) is 2.72. The van der Waals surface area contributed by atoms with Crippen LogP contribution >= 0.6 is 0 Å². The van der Waals surface area contributed by atoms with Crippen LogP contribution in [-0.4, -0.2) is 13.6 Å². The Hall–Kier alpha value is -1.72. The zero-order valence-electron chi connectivity index (χ0n) is 12.5. The first-order chi connectivity index (χ1) is 10.9. The average molecular weight is 300 g/mol. The zero-order chi connectivity index (χ0) is 15.0. The van der Waals surface area contributed by atoms with Crippen LogP contribution in [0.2, 0.25) is 0 Å². The molecule has 0 radical (unpaired) electrons. The quantitative estimate of drug-likeness (QED) is 0.747. The molecule has 0 N–H and O–H groups in total. The highest BCUT2D eigenvalue weighted by molar-refractivity contribution is 5.22. The second kappa shape index (κ2) is 8.06. The monoisotopic (exact) mass is 300 g/mol. The van der Waals surface area contributed by atoms with Crippen molar-refractivity contribution in [2.75, 3.05) is 13.6 Å². The molecule has 0 unspecified atom stereocenters. The normalized spacial score (nSPS) is 17.1. The van der Waals surface area contributed by atoms with Crippen LogP contribution in [0.5, 0.6) is 0 Å². The Bertz CT molecular complexity index is 532. The van der Waals surface area contributed by atoms with Crippen molar-refractivity contribution in [3.63, 3.8) is 0 Å². The van der Waals surface area contributed by atoms with E-state index in [9.17, 15) is 0 Å². The Morgan fingerprint density at radius 1 is 0.500 bits per heavy atom. The molecule has 0 saturated carbocycles. The van der Waals surface area contributed by atoms with Crippen LogP contribution in [-0.2, 0) is 45.4 Å². The van der Waals surface area contributed by atoms with E-state index in [1.807, 2.05) is 42.5 Å². The Morgan fingerprint density at radius 2 is 0.909 bits per heavy atom. The van der Waals surface area contributed by atoms with Crippen molar-refractivity contribution < 1.29 is 18.9 Å². The van der Waals surface area contributed by atoms with Crippen molar-refractivity contribution in [2.45, 2.75) is 26.4 Å². The largest absolute Gasteiger partial charge is 0.351 e. The van der Waals surface area contributed by atoms with E-state index < -0.39 is 0 Å². The Labute approximate surface area is 130 Å². The van der Waals surface area contributed by atoms with Gasteiger partial charge in [-0.2, -0.15) is 0 Å². The molecule has 0 amide bonds. The van der Waals surface area contributed by atoms with E-state index in [2.05, 4.69) is 6.07 Å². The number of benzene rings is 2. The summed E-state index contributed by atoms with van der Waals surface area (Å²) in [4.78, 5) is 0. The Morgan fingerprint density at radius 3 is 1.36 bits per heavy atom. The maximum absolute atomic E-state index is 5.55. The molecule has 22 heavy (non-hydrogen) atoms. The highest BCUT2D eigenvalue weighted by Gasteiger charge is 2.01. The summed E-state index contributed by atoms with van der Waals surface area (Å²) in [5, 5.41) is 0. The molecule has 2 aliphatic heterocycles. The fourth-order valence-corrected chi connectivity index (χ4v) is 2.30. The van der Waals surface area contributed by atoms with Crippen LogP contribution in [0.4, 0.5) is 0 Å². The maximum Gasteiger partial charge on any atom is 0.147 e. The molecular weight excluding hydrogens is 280 g/mol. The van der Waals surface area contributed by atoms with Crippen LogP contribution in [0.15, 0.2) is 48.5 Å². The molecule has 4 rings (SSSR count). The Balaban J connectivity index is 1.64. The second-order valence-electron chi connectivity index (χ2n) is 5.27. The van der Waals surface area contributed by atoms with E-state index >= 15 is 0 Å². The molecule has 2 aliphatic rings. The van der Waals surface area contributed by atoms with Crippen LogP contribution in [0.3, 0.4) is 0 Å². The summed E-state index contributed by atoms with van der Waals surface area (Å²) in [6, 6.07) is 16.3. The van der Waals surface area contributed by atoms with Crippen LogP contribution in [0.1, 0.15) is 22.3 Å². The van der Waals surface area contributed by atoms with Crippen molar-refractivity contribution in [1.82, 2.24) is 0 Å². The summed E-state index contributed by atoms with van der Waals surface area (Å²) in [5.41, 5.74) is 4.46. The minimum Gasteiger partial charge on any atom is -0.351 e. The molecule has 2 aromatic carbocycles. The molecule has 0 aliphatic carbocycles. The molecule has 0 saturated heterocycles. The number of ether oxygens (including phenoxy) is 4. The molecule has 116 valence electrons. The van der Waals surface area contributed by atoms with Crippen LogP contribution in [0, 0.1) is 0 Å². The van der Waals surface area contributed by atoms with Gasteiger partial charge in [-0.3, -0.25) is 0 Å². The molecule has 2 heterocycles. The summed E-state index contributed by atoms with van der Waals surface area (Å²) in [6.07, 6.45) is 0. The van der Waals surface area contributed by atoms with Gasteiger partial charge in [-0.1, -0.05) is 48.5 Å². The lowest BCUT2D eigenvalue weighted by molar-refractivity contribution is -0.0695. The number of hydrogen-bond acceptors (Lipinski definition) is 4. The predicted octanol–water partition coefficient (Wildman–Crippen LogP) is 3.38. The standard InChI is InChI=1S/C18H20O4/c1-2-17-8-18(3-1)12-22-14-20-10-16-6-4-15(5-7-16)9-19-13-21-11-17/h1-8H,9-14H2. The number of rotatable bonds is 0. The van der Waals surface area contributed by atoms with Crippen LogP contribution in [0.25, 0.3) is 0 Å². The third kappa shape index (κ3) is 4.64. The lowest BCUT2D eigenvalue weighted by Crippen LogP contribution is -2.01. The minimum atomic E-state index is 0.283. The maximum atomic E-state index is 5.55. The number of hydrogen-bond donors (Lipinski definition) is 0. The average Bonchev–Trinajstić information content (AvgIpc) is 2.55. The van der Waals surface area contributed by atoms with Gasteiger partial charge in [0.15, 0.2) is 0 Å². The first kappa shape index (κ1) is 15.2. The summed E-state index contributed by atoms with van der Waals surface area (Å²) >= 11 is 0. The van der Waals surface area contributed by atoms with E-state index in [4.69, 9.17) is 18.9 Å². The van der Waals surface area contributed by atoms with Gasteiger partial charge in [0.2, 0.25) is 0 Å². The molecule has 0 aromatic heterocycles. The van der Waals surface area contributed by atoms with Gasteiger partial charge in [0, 0.05) is 0 Å². The molecule has 4 bridgehead atoms. The van der Waals surface area contributed by atoms with Crippen LogP contribution < -0.4 is 0 Å². The molecule has 0 atom stereocenters. The van der Waals surface area contributed by atoms with Gasteiger partial charge in [0.25, 0.3) is 0 Å². The molecule has 4 nitrogen and oxygen atoms in total. The summed E-state index contributed by atoms with van der Waals surface area (Å²) < 4.78 is 22.2. The third-order valence-corrected chi connectivity index (χ3v) is 3.42. The Kier molecular flexibility index (Phi) is 5.56. The van der Waals surface area contributed by atoms with Crippen molar-refractivity contribution in [2.24, 2.45) is 0 Å². The van der Waals surface area contributed by atoms with Gasteiger partial charge in [0.05, 0.1) is 26.4 Å². The molecular formula is C18H20O4. The second-order valence-corrected chi connectivity index (χ2v) is 5.27. The SMILES string of the molecule is c1cc2cc(c1)COCOCc1ccc(cc1)COCOC2. The van der Waals surface area contributed by atoms with Gasteiger partial charge in [0.1, 0.15) is 13.6 Å². The topological polar surface area (TPSA) is 36.9 Å². The van der Waals surface area contributed by atoms with Crippen molar-refractivity contribution in [3.05, 3.63) is 70.8 Å². The van der Waals surface area contributed by atoms with Gasteiger partial charge in [-0.05, 0) is 22.3 Å². The summed E-state index contributed by atoms with van der Waals surface area (Å²) in [7, 11) is 0. The molecule has 4 heteroatoms. The lowest BCUT2D eigenvalue weighted by atomic mass is 10.1. The predicted molar refractivity (Wildman–Crippen MR) is 81.8 cm³/mol. The van der Waals surface area contributed by atoms with Crippen molar-refractivity contribution in [1.29, 1.82) is 0 Å². The van der Waals surface area contributed by atoms with E-state index in [-0.39, 0.29) is 13.6 Å². The van der Waals surface area contributed by atoms with Gasteiger partial charge >= 0.3 is 0 Å². The highest BCUT2D eigenvalue weighted by Crippen LogP contribution is 2.10. The van der Waals surface area contributed by atoms with Crippen molar-refractivity contribution in [3.8, 4) is 0 Å². The lowest BCUT2D eigenvalue weighted by Gasteiger charge is -2.08.